The number of hydrogen-bond acceptors (Lipinski definition) is 0. The number of fused-ring (bicyclic) bond motifs is 4. The zero-order valence-corrected chi connectivity index (χ0v) is 28.0. The SMILES string of the molecule is CC1=[C-]CC=C1C.[Zr+2].c1ccc(CCc2ccccc2)cc1.c1ccc2[cH-]c(-n3c4ccccc4c4ccccc43)cc2c1. The normalized spacial score (nSPS) is 12.0. The predicted octanol–water partition coefficient (Wildman–Crippen LogP) is 11.2. The molecule has 1 aliphatic carbocycles. The van der Waals surface area contributed by atoms with Gasteiger partial charge in [0.15, 0.2) is 0 Å². The van der Waals surface area contributed by atoms with Crippen molar-refractivity contribution in [3.05, 3.63) is 180 Å². The first kappa shape index (κ1) is 31.3. The summed E-state index contributed by atoms with van der Waals surface area (Å²) in [5, 5.41) is 5.20. The number of aromatic nitrogens is 1. The van der Waals surface area contributed by atoms with Gasteiger partial charge in [-0.05, 0) is 41.8 Å². The van der Waals surface area contributed by atoms with Gasteiger partial charge < -0.3 is 4.57 Å². The van der Waals surface area contributed by atoms with Crippen molar-refractivity contribution < 1.29 is 26.2 Å². The van der Waals surface area contributed by atoms with Crippen LogP contribution in [0.5, 0.6) is 0 Å². The van der Waals surface area contributed by atoms with Crippen LogP contribution in [0.4, 0.5) is 0 Å². The molecule has 0 N–H and O–H groups in total. The van der Waals surface area contributed by atoms with Crippen LogP contribution in [0, 0.1) is 6.08 Å². The second kappa shape index (κ2) is 15.0. The largest absolute Gasteiger partial charge is 2.00 e. The first-order valence-electron chi connectivity index (χ1n) is 15.1. The predicted molar refractivity (Wildman–Crippen MR) is 185 cm³/mol. The second-order valence-corrected chi connectivity index (χ2v) is 11.1. The van der Waals surface area contributed by atoms with Crippen LogP contribution < -0.4 is 0 Å². The third-order valence-electron chi connectivity index (χ3n) is 8.20. The van der Waals surface area contributed by atoms with Gasteiger partial charge in [0, 0.05) is 10.8 Å². The van der Waals surface area contributed by atoms with Crippen molar-refractivity contribution in [1.29, 1.82) is 0 Å². The molecule has 0 radical (unpaired) electrons. The van der Waals surface area contributed by atoms with Gasteiger partial charge in [-0.3, -0.25) is 6.08 Å². The fourth-order valence-corrected chi connectivity index (χ4v) is 5.69. The van der Waals surface area contributed by atoms with E-state index < -0.39 is 0 Å². The molecule has 0 amide bonds. The van der Waals surface area contributed by atoms with Crippen molar-refractivity contribution in [3.63, 3.8) is 0 Å². The van der Waals surface area contributed by atoms with E-state index in [0.29, 0.717) is 0 Å². The number of nitrogens with zero attached hydrogens (tertiary/aromatic N) is 1. The van der Waals surface area contributed by atoms with Gasteiger partial charge in [0.25, 0.3) is 0 Å². The van der Waals surface area contributed by atoms with Gasteiger partial charge in [0.2, 0.25) is 0 Å². The number of para-hydroxylation sites is 2. The van der Waals surface area contributed by atoms with E-state index in [1.54, 1.807) is 0 Å². The van der Waals surface area contributed by atoms with Gasteiger partial charge in [-0.2, -0.15) is 6.08 Å². The van der Waals surface area contributed by atoms with Gasteiger partial charge in [0.05, 0.1) is 11.0 Å². The number of benzene rings is 5. The summed E-state index contributed by atoms with van der Waals surface area (Å²) in [5.41, 5.74) is 9.30. The van der Waals surface area contributed by atoms with E-state index in [1.807, 2.05) is 0 Å². The standard InChI is InChI=1S/C21H14N.C14H14.C7H9.Zr/c1-2-8-16-14-17(13-15(16)7-1)22-20-11-5-3-9-18(20)19-10-4-6-12-21(19)22;1-3-7-13(8-4-1)11-12-14-9-5-2-6-10-14;1-6-4-3-5-7(6)2;/h1-14H;1-10H,11-12H2;4H,3H2,1-2H3;/q-1;;-1;+2. The number of hydrogen-bond donors (Lipinski definition) is 0. The molecule has 7 aromatic rings. The van der Waals surface area contributed by atoms with Gasteiger partial charge in [0.1, 0.15) is 0 Å². The summed E-state index contributed by atoms with van der Waals surface area (Å²) in [6.07, 6.45) is 8.67. The Morgan fingerprint density at radius 2 is 1.11 bits per heavy atom. The first-order valence-corrected chi connectivity index (χ1v) is 15.1. The van der Waals surface area contributed by atoms with Crippen LogP contribution in [-0.4, -0.2) is 4.57 Å². The minimum absolute atomic E-state index is 0. The van der Waals surface area contributed by atoms with E-state index in [1.165, 1.54) is 60.5 Å². The number of allylic oxidation sites excluding steroid dienone is 4. The second-order valence-electron chi connectivity index (χ2n) is 11.1. The molecule has 0 unspecified atom stereocenters. The molecule has 0 fully saturated rings. The average molecular weight is 647 g/mol. The Kier molecular flexibility index (Phi) is 10.7. The number of aryl methyl sites for hydroxylation is 2. The van der Waals surface area contributed by atoms with Crippen molar-refractivity contribution in [2.24, 2.45) is 0 Å². The zero-order valence-electron chi connectivity index (χ0n) is 25.5. The molecule has 6 aromatic carbocycles. The van der Waals surface area contributed by atoms with E-state index in [2.05, 4.69) is 176 Å². The summed E-state index contributed by atoms with van der Waals surface area (Å²) in [7, 11) is 0. The van der Waals surface area contributed by atoms with E-state index in [-0.39, 0.29) is 26.2 Å². The molecule has 8 rings (SSSR count). The van der Waals surface area contributed by atoms with E-state index in [0.717, 1.165) is 19.3 Å². The van der Waals surface area contributed by atoms with E-state index >= 15 is 0 Å². The summed E-state index contributed by atoms with van der Waals surface area (Å²) in [6, 6.07) is 51.6. The molecule has 214 valence electrons. The molecule has 0 bridgehead atoms. The minimum Gasteiger partial charge on any atom is -0.328 e. The average Bonchev–Trinajstić information content (AvgIpc) is 3.76. The van der Waals surface area contributed by atoms with Crippen molar-refractivity contribution in [2.75, 3.05) is 0 Å². The Balaban J connectivity index is 0.000000150. The van der Waals surface area contributed by atoms with Crippen LogP contribution >= 0.6 is 0 Å². The molecular formula is C42H37NZr. The van der Waals surface area contributed by atoms with Gasteiger partial charge in [-0.1, -0.05) is 110 Å². The summed E-state index contributed by atoms with van der Waals surface area (Å²) >= 11 is 0. The Labute approximate surface area is 280 Å². The molecule has 0 spiro atoms. The van der Waals surface area contributed by atoms with Crippen LogP contribution in [0.25, 0.3) is 38.3 Å². The Morgan fingerprint density at radius 1 is 0.614 bits per heavy atom. The fourth-order valence-electron chi connectivity index (χ4n) is 5.69. The molecular weight excluding hydrogens is 610 g/mol. The van der Waals surface area contributed by atoms with Gasteiger partial charge in [-0.15, -0.1) is 54.4 Å². The fraction of sp³-hybridized carbons (Fsp3) is 0.119. The molecule has 1 heterocycles. The van der Waals surface area contributed by atoms with E-state index in [9.17, 15) is 0 Å². The molecule has 2 heteroatoms. The summed E-state index contributed by atoms with van der Waals surface area (Å²) < 4.78 is 2.37. The molecule has 1 aromatic heterocycles. The van der Waals surface area contributed by atoms with Gasteiger partial charge >= 0.3 is 26.2 Å². The Bertz CT molecular complexity index is 1860. The van der Waals surface area contributed by atoms with Crippen LogP contribution in [-0.2, 0) is 39.0 Å². The van der Waals surface area contributed by atoms with Crippen molar-refractivity contribution in [1.82, 2.24) is 4.57 Å². The number of rotatable bonds is 4. The van der Waals surface area contributed by atoms with Crippen LogP contribution in [0.3, 0.4) is 0 Å². The van der Waals surface area contributed by atoms with Crippen molar-refractivity contribution >= 4 is 32.6 Å². The third-order valence-corrected chi connectivity index (χ3v) is 8.20. The third kappa shape index (κ3) is 7.32. The Hall–Kier alpha value is -4.13. The maximum Gasteiger partial charge on any atom is 2.00 e. The van der Waals surface area contributed by atoms with Crippen molar-refractivity contribution in [3.8, 4) is 5.69 Å². The van der Waals surface area contributed by atoms with Crippen LogP contribution in [0.2, 0.25) is 0 Å². The van der Waals surface area contributed by atoms with Crippen LogP contribution in [0.1, 0.15) is 31.4 Å². The maximum atomic E-state index is 3.19. The topological polar surface area (TPSA) is 4.93 Å². The summed E-state index contributed by atoms with van der Waals surface area (Å²) in [4.78, 5) is 0. The minimum atomic E-state index is 0. The zero-order chi connectivity index (χ0) is 29.4. The van der Waals surface area contributed by atoms with Crippen LogP contribution in [0.15, 0.2) is 163 Å². The molecule has 0 saturated carbocycles. The maximum absolute atomic E-state index is 3.19. The quantitative estimate of drug-likeness (QED) is 0.168. The molecule has 0 saturated heterocycles. The molecule has 44 heavy (non-hydrogen) atoms. The Morgan fingerprint density at radius 3 is 1.59 bits per heavy atom. The summed E-state index contributed by atoms with van der Waals surface area (Å²) in [5.74, 6) is 0. The molecule has 0 aliphatic heterocycles. The smallest absolute Gasteiger partial charge is 0.328 e. The molecule has 1 nitrogen and oxygen atoms in total. The van der Waals surface area contributed by atoms with E-state index in [4.69, 9.17) is 0 Å². The monoisotopic (exact) mass is 645 g/mol. The first-order chi connectivity index (χ1) is 21.2. The van der Waals surface area contributed by atoms with Gasteiger partial charge in [-0.25, -0.2) is 11.1 Å². The molecule has 0 atom stereocenters. The summed E-state index contributed by atoms with van der Waals surface area (Å²) in [6.45, 7) is 4.22. The van der Waals surface area contributed by atoms with Crippen molar-refractivity contribution in [2.45, 2.75) is 33.1 Å². The molecule has 1 aliphatic rings.